The van der Waals surface area contributed by atoms with Crippen LogP contribution in [0.1, 0.15) is 18.4 Å². The minimum absolute atomic E-state index is 0.224. The minimum atomic E-state index is -0.920. The molecule has 0 saturated carbocycles. The lowest BCUT2D eigenvalue weighted by atomic mass is 9.95. The summed E-state index contributed by atoms with van der Waals surface area (Å²) >= 11 is 6.40. The lowest BCUT2D eigenvalue weighted by molar-refractivity contribution is -0.142. The predicted molar refractivity (Wildman–Crippen MR) is 109 cm³/mol. The van der Waals surface area contributed by atoms with E-state index in [0.29, 0.717) is 6.61 Å². The van der Waals surface area contributed by atoms with Crippen molar-refractivity contribution in [1.29, 1.82) is 0 Å². The van der Waals surface area contributed by atoms with Crippen LogP contribution in [-0.4, -0.2) is 48.8 Å². The van der Waals surface area contributed by atoms with Crippen molar-refractivity contribution in [3.05, 3.63) is 64.7 Å². The van der Waals surface area contributed by atoms with Crippen molar-refractivity contribution in [3.8, 4) is 11.1 Å². The molecule has 1 aliphatic heterocycles. The monoisotopic (exact) mass is 385 g/mol. The molecule has 1 saturated heterocycles. The molecule has 2 aromatic rings. The van der Waals surface area contributed by atoms with Gasteiger partial charge in [-0.15, -0.1) is 0 Å². The number of hydrogen-bond donors (Lipinski definition) is 1. The molecule has 1 fully saturated rings. The van der Waals surface area contributed by atoms with E-state index in [1.54, 1.807) is 0 Å². The summed E-state index contributed by atoms with van der Waals surface area (Å²) in [5, 5.41) is 9.36. The zero-order valence-electron chi connectivity index (χ0n) is 15.2. The summed E-state index contributed by atoms with van der Waals surface area (Å²) in [5.41, 5.74) is 4.83. The van der Waals surface area contributed by atoms with Crippen LogP contribution in [0.3, 0.4) is 0 Å². The van der Waals surface area contributed by atoms with Crippen molar-refractivity contribution in [2.24, 2.45) is 0 Å². The maximum atomic E-state index is 10.5. The Morgan fingerprint density at radius 3 is 2.44 bits per heavy atom. The number of piperidine rings is 1. The molecule has 3 rings (SSSR count). The zero-order valence-corrected chi connectivity index (χ0v) is 16.0. The van der Waals surface area contributed by atoms with Gasteiger partial charge in [0.2, 0.25) is 0 Å². The average Bonchev–Trinajstić information content (AvgIpc) is 2.67. The summed E-state index contributed by atoms with van der Waals surface area (Å²) in [6.07, 6.45) is 4.31. The lowest BCUT2D eigenvalue weighted by Crippen LogP contribution is -2.33. The third-order valence-corrected chi connectivity index (χ3v) is 5.09. The van der Waals surface area contributed by atoms with Gasteiger partial charge < -0.3 is 14.7 Å². The number of nitrogens with zero attached hydrogens (tertiary/aromatic N) is 1. The number of halogens is 1. The summed E-state index contributed by atoms with van der Waals surface area (Å²) in [6.45, 7) is 2.95. The number of hydrogen-bond acceptors (Lipinski definition) is 3. The van der Waals surface area contributed by atoms with Gasteiger partial charge in [0.25, 0.3) is 0 Å². The van der Waals surface area contributed by atoms with Gasteiger partial charge in [0.15, 0.2) is 0 Å². The Hall–Kier alpha value is -2.14. The first-order chi connectivity index (χ1) is 13.1. The van der Waals surface area contributed by atoms with Crippen LogP contribution in [0.4, 0.5) is 0 Å². The molecule has 0 bridgehead atoms. The number of likely N-dealkylation sites (tertiary alicyclic amines) is 1. The van der Waals surface area contributed by atoms with Crippen molar-refractivity contribution in [2.75, 3.05) is 32.8 Å². The largest absolute Gasteiger partial charge is 0.480 e. The third-order valence-electron chi connectivity index (χ3n) is 4.76. The summed E-state index contributed by atoms with van der Waals surface area (Å²) < 4.78 is 5.13. The van der Waals surface area contributed by atoms with Gasteiger partial charge in [0.1, 0.15) is 6.61 Å². The van der Waals surface area contributed by atoms with Crippen LogP contribution in [0.25, 0.3) is 17.2 Å². The number of aliphatic carboxylic acids is 1. The quantitative estimate of drug-likeness (QED) is 0.708. The highest BCUT2D eigenvalue weighted by Gasteiger charge is 2.15. The topological polar surface area (TPSA) is 49.8 Å². The smallest absolute Gasteiger partial charge is 0.329 e. The molecular formula is C22H24ClNO3. The van der Waals surface area contributed by atoms with Crippen molar-refractivity contribution in [1.82, 2.24) is 4.90 Å². The molecule has 4 nitrogen and oxygen atoms in total. The second-order valence-corrected chi connectivity index (χ2v) is 7.06. The Balaban J connectivity index is 1.62. The fourth-order valence-electron chi connectivity index (χ4n) is 3.33. The van der Waals surface area contributed by atoms with Gasteiger partial charge in [0, 0.05) is 30.2 Å². The van der Waals surface area contributed by atoms with E-state index < -0.39 is 5.97 Å². The highest BCUT2D eigenvalue weighted by molar-refractivity contribution is 6.33. The predicted octanol–water partition coefficient (Wildman–Crippen LogP) is 4.59. The van der Waals surface area contributed by atoms with Crippen molar-refractivity contribution in [3.63, 3.8) is 0 Å². The first-order valence-electron chi connectivity index (χ1n) is 9.19. The molecule has 1 aliphatic rings. The molecule has 2 aromatic carbocycles. The Kier molecular flexibility index (Phi) is 7.04. The molecule has 0 amide bonds. The molecule has 0 radical (unpaired) electrons. The number of rotatable bonds is 7. The van der Waals surface area contributed by atoms with Gasteiger partial charge in [-0.3, -0.25) is 0 Å². The minimum Gasteiger partial charge on any atom is -0.480 e. The SMILES string of the molecule is O=C(O)COCCN1CCC(=Cc2ccccc2-c2ccccc2Cl)CC1. The molecular weight excluding hydrogens is 362 g/mol. The van der Waals surface area contributed by atoms with E-state index in [1.807, 2.05) is 24.3 Å². The summed E-state index contributed by atoms with van der Waals surface area (Å²) in [5.74, 6) is -0.920. The van der Waals surface area contributed by atoms with Gasteiger partial charge in [-0.05, 0) is 30.0 Å². The van der Waals surface area contributed by atoms with Gasteiger partial charge in [0.05, 0.1) is 6.61 Å². The van der Waals surface area contributed by atoms with E-state index in [1.165, 1.54) is 11.1 Å². The van der Waals surface area contributed by atoms with Crippen LogP contribution >= 0.6 is 11.6 Å². The van der Waals surface area contributed by atoms with Gasteiger partial charge >= 0.3 is 5.97 Å². The van der Waals surface area contributed by atoms with Crippen molar-refractivity contribution >= 4 is 23.6 Å². The van der Waals surface area contributed by atoms with Crippen LogP contribution in [0.2, 0.25) is 5.02 Å². The first kappa shape index (κ1) is 19.6. The van der Waals surface area contributed by atoms with Gasteiger partial charge in [-0.25, -0.2) is 4.79 Å². The molecule has 0 unspecified atom stereocenters. The van der Waals surface area contributed by atoms with Gasteiger partial charge in [-0.1, -0.05) is 65.7 Å². The second kappa shape index (κ2) is 9.70. The zero-order chi connectivity index (χ0) is 19.1. The molecule has 0 aliphatic carbocycles. The van der Waals surface area contributed by atoms with E-state index in [9.17, 15) is 4.79 Å². The normalized spacial score (nSPS) is 14.9. The highest BCUT2D eigenvalue weighted by atomic mass is 35.5. The Morgan fingerprint density at radius 1 is 1.07 bits per heavy atom. The number of carboxylic acid groups (broad SMARTS) is 1. The fourth-order valence-corrected chi connectivity index (χ4v) is 3.57. The molecule has 27 heavy (non-hydrogen) atoms. The fraction of sp³-hybridized carbons (Fsp3) is 0.318. The molecule has 5 heteroatoms. The average molecular weight is 386 g/mol. The maximum absolute atomic E-state index is 10.5. The Morgan fingerprint density at radius 2 is 1.74 bits per heavy atom. The Labute approximate surface area is 165 Å². The second-order valence-electron chi connectivity index (χ2n) is 6.66. The van der Waals surface area contributed by atoms with Crippen LogP contribution < -0.4 is 0 Å². The molecule has 0 atom stereocenters. The molecule has 1 N–H and O–H groups in total. The highest BCUT2D eigenvalue weighted by Crippen LogP contribution is 2.32. The summed E-state index contributed by atoms with van der Waals surface area (Å²) in [4.78, 5) is 12.8. The Bertz CT molecular complexity index is 809. The van der Waals surface area contributed by atoms with Gasteiger partial charge in [-0.2, -0.15) is 0 Å². The standard InChI is InChI=1S/C22H24ClNO3/c23-21-8-4-3-7-20(21)19-6-2-1-5-18(19)15-17-9-11-24(12-10-17)13-14-27-16-22(25)26/h1-8,15H,9-14,16H2,(H,25,26). The van der Waals surface area contributed by atoms with E-state index in [0.717, 1.165) is 48.6 Å². The number of carboxylic acids is 1. The van der Waals surface area contributed by atoms with Crippen LogP contribution in [0.15, 0.2) is 54.1 Å². The van der Waals surface area contributed by atoms with E-state index in [-0.39, 0.29) is 6.61 Å². The van der Waals surface area contributed by atoms with Crippen LogP contribution in [-0.2, 0) is 9.53 Å². The van der Waals surface area contributed by atoms with Crippen LogP contribution in [0, 0.1) is 0 Å². The van der Waals surface area contributed by atoms with Crippen molar-refractivity contribution in [2.45, 2.75) is 12.8 Å². The van der Waals surface area contributed by atoms with E-state index in [2.05, 4.69) is 35.2 Å². The summed E-state index contributed by atoms with van der Waals surface area (Å²) in [7, 11) is 0. The maximum Gasteiger partial charge on any atom is 0.329 e. The first-order valence-corrected chi connectivity index (χ1v) is 9.56. The number of carbonyl (C=O) groups is 1. The van der Waals surface area contributed by atoms with E-state index in [4.69, 9.17) is 21.4 Å². The molecule has 0 spiro atoms. The molecule has 142 valence electrons. The molecule has 1 heterocycles. The van der Waals surface area contributed by atoms with Crippen molar-refractivity contribution < 1.29 is 14.6 Å². The summed E-state index contributed by atoms with van der Waals surface area (Å²) in [6, 6.07) is 16.3. The third kappa shape index (κ3) is 5.67. The molecule has 0 aromatic heterocycles. The number of benzene rings is 2. The number of ether oxygens (including phenoxy) is 1. The van der Waals surface area contributed by atoms with E-state index >= 15 is 0 Å². The van der Waals surface area contributed by atoms with Crippen LogP contribution in [0.5, 0.6) is 0 Å². The lowest BCUT2D eigenvalue weighted by Gasteiger charge is -2.28.